The number of aryl methyl sites for hydroxylation is 2. The molecule has 1 unspecified atom stereocenters. The zero-order valence-electron chi connectivity index (χ0n) is 9.35. The van der Waals surface area contributed by atoms with Crippen molar-refractivity contribution in [2.45, 2.75) is 33.4 Å². The van der Waals surface area contributed by atoms with Gasteiger partial charge in [-0.15, -0.1) is 11.3 Å². The number of likely N-dealkylation sites (N-methyl/N-ethyl adjacent to an activating group) is 1. The summed E-state index contributed by atoms with van der Waals surface area (Å²) in [7, 11) is 1.98. The van der Waals surface area contributed by atoms with E-state index in [0.717, 1.165) is 23.8 Å². The first-order valence-electron chi connectivity index (χ1n) is 4.94. The van der Waals surface area contributed by atoms with Crippen molar-refractivity contribution in [3.05, 3.63) is 15.6 Å². The highest BCUT2D eigenvalue weighted by molar-refractivity contribution is 7.11. The number of aromatic nitrogens is 1. The van der Waals surface area contributed by atoms with Crippen LogP contribution in [0.2, 0.25) is 0 Å². The normalized spacial score (nSPS) is 13.1. The molecule has 1 atom stereocenters. The Balaban J connectivity index is 2.34. The second-order valence-corrected chi connectivity index (χ2v) is 4.85. The van der Waals surface area contributed by atoms with Gasteiger partial charge in [-0.2, -0.15) is 0 Å². The van der Waals surface area contributed by atoms with Crippen LogP contribution >= 0.6 is 11.3 Å². The molecule has 0 aromatic carbocycles. The quantitative estimate of drug-likeness (QED) is 0.777. The van der Waals surface area contributed by atoms with Crippen molar-refractivity contribution in [3.63, 3.8) is 0 Å². The van der Waals surface area contributed by atoms with Crippen LogP contribution in [-0.4, -0.2) is 24.6 Å². The Morgan fingerprint density at radius 3 is 2.64 bits per heavy atom. The van der Waals surface area contributed by atoms with Gasteiger partial charge in [0.15, 0.2) is 0 Å². The second-order valence-electron chi connectivity index (χ2n) is 3.56. The van der Waals surface area contributed by atoms with Crippen molar-refractivity contribution in [2.24, 2.45) is 0 Å². The molecule has 0 bridgehead atoms. The van der Waals surface area contributed by atoms with E-state index in [0.29, 0.717) is 6.04 Å². The summed E-state index contributed by atoms with van der Waals surface area (Å²) in [6, 6.07) is 0.518. The maximum Gasteiger partial charge on any atom is 0.0900 e. The number of nitrogens with one attached hydrogen (secondary N) is 2. The molecule has 14 heavy (non-hydrogen) atoms. The Morgan fingerprint density at radius 1 is 1.43 bits per heavy atom. The molecule has 80 valence electrons. The highest BCUT2D eigenvalue weighted by Crippen LogP contribution is 2.16. The van der Waals surface area contributed by atoms with Crippen LogP contribution in [0.15, 0.2) is 0 Å². The van der Waals surface area contributed by atoms with E-state index in [9.17, 15) is 0 Å². The third-order valence-corrected chi connectivity index (χ3v) is 3.30. The predicted molar refractivity (Wildman–Crippen MR) is 61.8 cm³/mol. The summed E-state index contributed by atoms with van der Waals surface area (Å²) in [6.07, 6.45) is 0. The van der Waals surface area contributed by atoms with Crippen LogP contribution in [0.1, 0.15) is 22.5 Å². The van der Waals surface area contributed by atoms with E-state index < -0.39 is 0 Å². The van der Waals surface area contributed by atoms with Crippen LogP contribution in [-0.2, 0) is 6.54 Å². The molecule has 2 N–H and O–H groups in total. The maximum absolute atomic E-state index is 4.39. The molecule has 1 heterocycles. The third kappa shape index (κ3) is 3.36. The molecule has 1 rings (SSSR count). The van der Waals surface area contributed by atoms with Gasteiger partial charge in [0.1, 0.15) is 0 Å². The molecule has 0 aliphatic rings. The minimum atomic E-state index is 0.518. The number of hydrogen-bond acceptors (Lipinski definition) is 4. The van der Waals surface area contributed by atoms with E-state index in [1.165, 1.54) is 4.88 Å². The van der Waals surface area contributed by atoms with Crippen LogP contribution in [0, 0.1) is 13.8 Å². The van der Waals surface area contributed by atoms with Gasteiger partial charge < -0.3 is 10.6 Å². The fraction of sp³-hybridized carbons (Fsp3) is 0.700. The molecule has 0 amide bonds. The zero-order chi connectivity index (χ0) is 10.6. The molecule has 0 spiro atoms. The lowest BCUT2D eigenvalue weighted by Crippen LogP contribution is -2.33. The standard InChI is InChI=1S/C10H19N3S/c1-7(11-4)5-12-6-10-8(2)13-9(3)14-10/h7,11-12H,5-6H2,1-4H3. The zero-order valence-corrected chi connectivity index (χ0v) is 10.2. The lowest BCUT2D eigenvalue weighted by molar-refractivity contribution is 0.542. The molecule has 4 heteroatoms. The van der Waals surface area contributed by atoms with E-state index in [1.807, 2.05) is 7.05 Å². The van der Waals surface area contributed by atoms with E-state index in [4.69, 9.17) is 0 Å². The molecule has 0 saturated carbocycles. The molecule has 0 radical (unpaired) electrons. The molecule has 3 nitrogen and oxygen atoms in total. The Kier molecular flexibility index (Phi) is 4.51. The summed E-state index contributed by atoms with van der Waals surface area (Å²) in [5.41, 5.74) is 1.16. The second kappa shape index (κ2) is 5.44. The fourth-order valence-electron chi connectivity index (χ4n) is 1.24. The monoisotopic (exact) mass is 213 g/mol. The number of hydrogen-bond donors (Lipinski definition) is 2. The highest BCUT2D eigenvalue weighted by atomic mass is 32.1. The summed E-state index contributed by atoms with van der Waals surface area (Å²) in [6.45, 7) is 8.22. The molecule has 0 aliphatic heterocycles. The summed E-state index contributed by atoms with van der Waals surface area (Å²) < 4.78 is 0. The minimum absolute atomic E-state index is 0.518. The van der Waals surface area contributed by atoms with Crippen LogP contribution in [0.3, 0.4) is 0 Å². The molecular formula is C10H19N3S. The molecule has 0 aliphatic carbocycles. The lowest BCUT2D eigenvalue weighted by Gasteiger charge is -2.10. The van der Waals surface area contributed by atoms with Gasteiger partial charge in [0.2, 0.25) is 0 Å². The van der Waals surface area contributed by atoms with E-state index >= 15 is 0 Å². The average molecular weight is 213 g/mol. The van der Waals surface area contributed by atoms with Gasteiger partial charge >= 0.3 is 0 Å². The maximum atomic E-state index is 4.39. The first kappa shape index (κ1) is 11.6. The summed E-state index contributed by atoms with van der Waals surface area (Å²) >= 11 is 1.78. The van der Waals surface area contributed by atoms with E-state index in [1.54, 1.807) is 11.3 Å². The fourth-order valence-corrected chi connectivity index (χ4v) is 2.15. The predicted octanol–water partition coefficient (Wildman–Crippen LogP) is 1.46. The number of thiazole rings is 1. The van der Waals surface area contributed by atoms with Crippen LogP contribution in [0.4, 0.5) is 0 Å². The minimum Gasteiger partial charge on any atom is -0.316 e. The first-order chi connectivity index (χ1) is 6.63. The molecule has 1 aromatic rings. The molecular weight excluding hydrogens is 194 g/mol. The molecule has 1 aromatic heterocycles. The summed E-state index contributed by atoms with van der Waals surface area (Å²) in [5, 5.41) is 7.76. The van der Waals surface area contributed by atoms with Crippen molar-refractivity contribution in [3.8, 4) is 0 Å². The Bertz CT molecular complexity index is 283. The van der Waals surface area contributed by atoms with Crippen LogP contribution < -0.4 is 10.6 Å². The van der Waals surface area contributed by atoms with E-state index in [2.05, 4.69) is 36.4 Å². The molecule has 0 saturated heterocycles. The van der Waals surface area contributed by atoms with Gasteiger partial charge in [-0.3, -0.25) is 0 Å². The van der Waals surface area contributed by atoms with Crippen molar-refractivity contribution in [1.82, 2.24) is 15.6 Å². The third-order valence-electron chi connectivity index (χ3n) is 2.23. The number of nitrogens with zero attached hydrogens (tertiary/aromatic N) is 1. The van der Waals surface area contributed by atoms with Crippen molar-refractivity contribution >= 4 is 11.3 Å². The van der Waals surface area contributed by atoms with Gasteiger partial charge in [-0.1, -0.05) is 0 Å². The van der Waals surface area contributed by atoms with E-state index in [-0.39, 0.29) is 0 Å². The largest absolute Gasteiger partial charge is 0.316 e. The van der Waals surface area contributed by atoms with Gasteiger partial charge in [-0.05, 0) is 27.8 Å². The first-order valence-corrected chi connectivity index (χ1v) is 5.76. The van der Waals surface area contributed by atoms with Gasteiger partial charge in [0.05, 0.1) is 10.7 Å². The topological polar surface area (TPSA) is 37.0 Å². The van der Waals surface area contributed by atoms with Gasteiger partial charge in [0.25, 0.3) is 0 Å². The lowest BCUT2D eigenvalue weighted by atomic mass is 10.3. The van der Waals surface area contributed by atoms with Crippen molar-refractivity contribution < 1.29 is 0 Å². The van der Waals surface area contributed by atoms with Crippen molar-refractivity contribution in [2.75, 3.05) is 13.6 Å². The Hall–Kier alpha value is -0.450. The number of rotatable bonds is 5. The highest BCUT2D eigenvalue weighted by Gasteiger charge is 2.04. The van der Waals surface area contributed by atoms with Crippen LogP contribution in [0.25, 0.3) is 0 Å². The van der Waals surface area contributed by atoms with Gasteiger partial charge in [0, 0.05) is 24.0 Å². The Morgan fingerprint density at radius 2 is 2.14 bits per heavy atom. The van der Waals surface area contributed by atoms with Crippen molar-refractivity contribution in [1.29, 1.82) is 0 Å². The SMILES string of the molecule is CNC(C)CNCc1sc(C)nc1C. The van der Waals surface area contributed by atoms with Crippen LogP contribution in [0.5, 0.6) is 0 Å². The smallest absolute Gasteiger partial charge is 0.0900 e. The Labute approximate surface area is 89.9 Å². The summed E-state index contributed by atoms with van der Waals surface area (Å²) in [4.78, 5) is 5.74. The average Bonchev–Trinajstić information content (AvgIpc) is 2.45. The van der Waals surface area contributed by atoms with Gasteiger partial charge in [-0.25, -0.2) is 4.98 Å². The molecule has 0 fully saturated rings. The summed E-state index contributed by atoms with van der Waals surface area (Å²) in [5.74, 6) is 0.